The first-order valence-electron chi connectivity index (χ1n) is 10.2. The Morgan fingerprint density at radius 2 is 1.47 bits per heavy atom. The van der Waals surface area contributed by atoms with Gasteiger partial charge in [0.2, 0.25) is 0 Å². The van der Waals surface area contributed by atoms with E-state index >= 15 is 0 Å². The standard InChI is InChI=1S/C25H25ClN4/c26-20-11-12-23-24(13-14-28-25(23)19-20)29-16-15-27-17-18-30(21-7-3-1-4-8-21)22-9-5-2-6-10-22/h1-14,19,27H,15-18H2,(H,28,29). The van der Waals surface area contributed by atoms with Crippen LogP contribution >= 0.6 is 11.6 Å². The molecule has 0 aliphatic heterocycles. The summed E-state index contributed by atoms with van der Waals surface area (Å²) < 4.78 is 0. The minimum atomic E-state index is 0.704. The fourth-order valence-electron chi connectivity index (χ4n) is 3.50. The average Bonchev–Trinajstić information content (AvgIpc) is 2.79. The Hall–Kier alpha value is -3.08. The maximum Gasteiger partial charge on any atom is 0.0737 e. The number of rotatable bonds is 9. The van der Waals surface area contributed by atoms with Gasteiger partial charge < -0.3 is 15.5 Å². The predicted molar refractivity (Wildman–Crippen MR) is 128 cm³/mol. The topological polar surface area (TPSA) is 40.2 Å². The SMILES string of the molecule is Clc1ccc2c(NCCNCCN(c3ccccc3)c3ccccc3)ccnc2c1. The number of para-hydroxylation sites is 2. The average molecular weight is 417 g/mol. The van der Waals surface area contributed by atoms with Crippen molar-refractivity contribution in [1.29, 1.82) is 0 Å². The van der Waals surface area contributed by atoms with Gasteiger partial charge in [-0.1, -0.05) is 48.0 Å². The van der Waals surface area contributed by atoms with Gasteiger partial charge in [-0.15, -0.1) is 0 Å². The number of benzene rings is 3. The van der Waals surface area contributed by atoms with Crippen LogP contribution in [0.15, 0.2) is 91.1 Å². The van der Waals surface area contributed by atoms with Gasteiger partial charge >= 0.3 is 0 Å². The number of nitrogens with one attached hydrogen (secondary N) is 2. The van der Waals surface area contributed by atoms with E-state index in [0.717, 1.165) is 42.8 Å². The van der Waals surface area contributed by atoms with Crippen LogP contribution in [0.2, 0.25) is 5.02 Å². The molecule has 0 saturated heterocycles. The molecule has 3 aromatic carbocycles. The minimum absolute atomic E-state index is 0.704. The Balaban J connectivity index is 1.30. The number of fused-ring (bicyclic) bond motifs is 1. The molecule has 1 aromatic heterocycles. The highest BCUT2D eigenvalue weighted by molar-refractivity contribution is 6.31. The van der Waals surface area contributed by atoms with Crippen LogP contribution in [0.5, 0.6) is 0 Å². The third-order valence-electron chi connectivity index (χ3n) is 4.97. The maximum absolute atomic E-state index is 6.07. The molecule has 0 bridgehead atoms. The Morgan fingerprint density at radius 1 is 0.767 bits per heavy atom. The van der Waals surface area contributed by atoms with Gasteiger partial charge in [-0.2, -0.15) is 0 Å². The van der Waals surface area contributed by atoms with Gasteiger partial charge in [0.05, 0.1) is 5.52 Å². The molecule has 0 spiro atoms. The number of hydrogen-bond donors (Lipinski definition) is 2. The molecule has 5 heteroatoms. The summed E-state index contributed by atoms with van der Waals surface area (Å²) >= 11 is 6.07. The molecule has 0 atom stereocenters. The van der Waals surface area contributed by atoms with Crippen molar-refractivity contribution in [2.75, 3.05) is 36.4 Å². The van der Waals surface area contributed by atoms with Crippen molar-refractivity contribution in [2.24, 2.45) is 0 Å². The highest BCUT2D eigenvalue weighted by Crippen LogP contribution is 2.25. The van der Waals surface area contributed by atoms with Crippen molar-refractivity contribution in [1.82, 2.24) is 10.3 Å². The third-order valence-corrected chi connectivity index (χ3v) is 5.21. The van der Waals surface area contributed by atoms with E-state index < -0.39 is 0 Å². The van der Waals surface area contributed by atoms with Crippen LogP contribution in [-0.2, 0) is 0 Å². The molecule has 0 amide bonds. The molecule has 4 rings (SSSR count). The molecule has 0 aliphatic carbocycles. The predicted octanol–water partition coefficient (Wildman–Crippen LogP) is 5.73. The highest BCUT2D eigenvalue weighted by Gasteiger charge is 2.08. The Kier molecular flexibility index (Phi) is 6.80. The zero-order chi connectivity index (χ0) is 20.6. The van der Waals surface area contributed by atoms with E-state index in [4.69, 9.17) is 11.6 Å². The molecule has 4 nitrogen and oxygen atoms in total. The molecular formula is C25H25ClN4. The molecule has 0 saturated carbocycles. The third kappa shape index (κ3) is 5.09. The lowest BCUT2D eigenvalue weighted by Crippen LogP contribution is -2.31. The Labute approximate surface area is 182 Å². The molecule has 0 unspecified atom stereocenters. The van der Waals surface area contributed by atoms with E-state index in [0.29, 0.717) is 5.02 Å². The van der Waals surface area contributed by atoms with Crippen molar-refractivity contribution in [3.05, 3.63) is 96.1 Å². The summed E-state index contributed by atoms with van der Waals surface area (Å²) in [6.45, 7) is 3.48. The minimum Gasteiger partial charge on any atom is -0.383 e. The van der Waals surface area contributed by atoms with Crippen LogP contribution in [0.4, 0.5) is 17.1 Å². The number of hydrogen-bond acceptors (Lipinski definition) is 4. The maximum atomic E-state index is 6.07. The molecule has 0 fully saturated rings. The number of pyridine rings is 1. The normalized spacial score (nSPS) is 10.8. The first kappa shape index (κ1) is 20.2. The Bertz CT molecular complexity index is 1030. The molecule has 30 heavy (non-hydrogen) atoms. The first-order valence-corrected chi connectivity index (χ1v) is 10.6. The van der Waals surface area contributed by atoms with Crippen LogP contribution < -0.4 is 15.5 Å². The number of anilines is 3. The van der Waals surface area contributed by atoms with Gasteiger partial charge in [0.15, 0.2) is 0 Å². The van der Waals surface area contributed by atoms with E-state index in [1.165, 1.54) is 11.4 Å². The van der Waals surface area contributed by atoms with Crippen LogP contribution in [0.3, 0.4) is 0 Å². The van der Waals surface area contributed by atoms with Crippen molar-refractivity contribution >= 4 is 39.6 Å². The van der Waals surface area contributed by atoms with E-state index in [1.807, 2.05) is 42.6 Å². The number of aromatic nitrogens is 1. The van der Waals surface area contributed by atoms with E-state index in [-0.39, 0.29) is 0 Å². The fraction of sp³-hybridized carbons (Fsp3) is 0.160. The van der Waals surface area contributed by atoms with Gasteiger partial charge in [0, 0.05) is 59.8 Å². The molecule has 0 aliphatic rings. The summed E-state index contributed by atoms with van der Waals surface area (Å²) in [6.07, 6.45) is 1.81. The zero-order valence-corrected chi connectivity index (χ0v) is 17.5. The molecule has 1 heterocycles. The van der Waals surface area contributed by atoms with Gasteiger partial charge in [0.25, 0.3) is 0 Å². The molecule has 0 radical (unpaired) electrons. The van der Waals surface area contributed by atoms with Crippen molar-refractivity contribution in [2.45, 2.75) is 0 Å². The lowest BCUT2D eigenvalue weighted by molar-refractivity contribution is 0.699. The lowest BCUT2D eigenvalue weighted by atomic mass is 10.2. The largest absolute Gasteiger partial charge is 0.383 e. The van der Waals surface area contributed by atoms with Gasteiger partial charge in [-0.05, 0) is 48.5 Å². The second kappa shape index (κ2) is 10.1. The van der Waals surface area contributed by atoms with Gasteiger partial charge in [-0.3, -0.25) is 4.98 Å². The van der Waals surface area contributed by atoms with Crippen LogP contribution in [0, 0.1) is 0 Å². The Morgan fingerprint density at radius 3 is 2.17 bits per heavy atom. The van der Waals surface area contributed by atoms with Crippen molar-refractivity contribution in [3.63, 3.8) is 0 Å². The van der Waals surface area contributed by atoms with E-state index in [2.05, 4.69) is 69.0 Å². The van der Waals surface area contributed by atoms with Crippen LogP contribution in [0.1, 0.15) is 0 Å². The van der Waals surface area contributed by atoms with Crippen molar-refractivity contribution < 1.29 is 0 Å². The summed E-state index contributed by atoms with van der Waals surface area (Å²) in [7, 11) is 0. The monoisotopic (exact) mass is 416 g/mol. The van der Waals surface area contributed by atoms with E-state index in [1.54, 1.807) is 0 Å². The molecule has 4 aromatic rings. The highest BCUT2D eigenvalue weighted by atomic mass is 35.5. The van der Waals surface area contributed by atoms with Gasteiger partial charge in [0.1, 0.15) is 0 Å². The van der Waals surface area contributed by atoms with Crippen LogP contribution in [0.25, 0.3) is 10.9 Å². The smallest absolute Gasteiger partial charge is 0.0737 e. The summed E-state index contributed by atoms with van der Waals surface area (Å²) in [5, 5.41) is 8.83. The summed E-state index contributed by atoms with van der Waals surface area (Å²) in [5.41, 5.74) is 4.38. The summed E-state index contributed by atoms with van der Waals surface area (Å²) in [4.78, 5) is 6.73. The summed E-state index contributed by atoms with van der Waals surface area (Å²) in [6, 6.07) is 28.8. The lowest BCUT2D eigenvalue weighted by Gasteiger charge is -2.25. The first-order chi connectivity index (χ1) is 14.8. The number of halogens is 1. The van der Waals surface area contributed by atoms with Crippen LogP contribution in [-0.4, -0.2) is 31.2 Å². The molecule has 2 N–H and O–H groups in total. The quantitative estimate of drug-likeness (QED) is 0.342. The molecular weight excluding hydrogens is 392 g/mol. The molecule has 152 valence electrons. The zero-order valence-electron chi connectivity index (χ0n) is 16.8. The second-order valence-electron chi connectivity index (χ2n) is 7.02. The number of nitrogens with zero attached hydrogens (tertiary/aromatic N) is 2. The van der Waals surface area contributed by atoms with Gasteiger partial charge in [-0.25, -0.2) is 0 Å². The van der Waals surface area contributed by atoms with E-state index in [9.17, 15) is 0 Å². The summed E-state index contributed by atoms with van der Waals surface area (Å²) in [5.74, 6) is 0. The fourth-order valence-corrected chi connectivity index (χ4v) is 3.67. The van der Waals surface area contributed by atoms with Crippen molar-refractivity contribution in [3.8, 4) is 0 Å². The second-order valence-corrected chi connectivity index (χ2v) is 7.46.